The minimum Gasteiger partial charge on any atom is -0.454 e. The number of benzene rings is 1. The Bertz CT molecular complexity index is 557. The Balaban J connectivity index is 1.83. The van der Waals surface area contributed by atoms with Crippen molar-refractivity contribution in [3.8, 4) is 11.5 Å². The first kappa shape index (κ1) is 17.0. The summed E-state index contributed by atoms with van der Waals surface area (Å²) in [5, 5.41) is 4.96. The van der Waals surface area contributed by atoms with Gasteiger partial charge >= 0.3 is 11.8 Å². The second-order valence-electron chi connectivity index (χ2n) is 4.57. The van der Waals surface area contributed by atoms with Crippen LogP contribution in [-0.4, -0.2) is 44.7 Å². The summed E-state index contributed by atoms with van der Waals surface area (Å²) in [6, 6.07) is 4.88. The van der Waals surface area contributed by atoms with E-state index in [2.05, 4.69) is 10.6 Å². The average molecular weight is 324 g/mol. The third-order valence-corrected chi connectivity index (χ3v) is 2.97. The van der Waals surface area contributed by atoms with Crippen molar-refractivity contribution in [3.05, 3.63) is 18.2 Å². The van der Waals surface area contributed by atoms with Gasteiger partial charge in [0.25, 0.3) is 0 Å². The lowest BCUT2D eigenvalue weighted by Gasteiger charge is -2.17. The molecule has 126 valence electrons. The Morgan fingerprint density at radius 1 is 1.13 bits per heavy atom. The van der Waals surface area contributed by atoms with Crippen molar-refractivity contribution in [2.24, 2.45) is 0 Å². The zero-order valence-electron chi connectivity index (χ0n) is 13.1. The van der Waals surface area contributed by atoms with E-state index >= 15 is 0 Å². The summed E-state index contributed by atoms with van der Waals surface area (Å²) in [5.41, 5.74) is 0.445. The molecule has 8 heteroatoms. The minimum atomic E-state index is -0.782. The van der Waals surface area contributed by atoms with Gasteiger partial charge in [-0.2, -0.15) is 0 Å². The van der Waals surface area contributed by atoms with Crippen molar-refractivity contribution in [3.63, 3.8) is 0 Å². The van der Waals surface area contributed by atoms with E-state index in [0.29, 0.717) is 30.4 Å². The molecule has 23 heavy (non-hydrogen) atoms. The highest BCUT2D eigenvalue weighted by molar-refractivity contribution is 6.39. The minimum absolute atomic E-state index is 0.0923. The summed E-state index contributed by atoms with van der Waals surface area (Å²) in [6.45, 7) is 4.77. The lowest BCUT2D eigenvalue weighted by Crippen LogP contribution is -2.41. The van der Waals surface area contributed by atoms with Crippen molar-refractivity contribution < 1.29 is 28.5 Å². The second-order valence-corrected chi connectivity index (χ2v) is 4.57. The number of carbonyl (C=O) groups excluding carboxylic acids is 2. The molecule has 0 saturated carbocycles. The van der Waals surface area contributed by atoms with E-state index in [9.17, 15) is 9.59 Å². The van der Waals surface area contributed by atoms with Crippen LogP contribution in [0.1, 0.15) is 13.8 Å². The summed E-state index contributed by atoms with van der Waals surface area (Å²) in [4.78, 5) is 23.7. The maximum atomic E-state index is 11.9. The van der Waals surface area contributed by atoms with Gasteiger partial charge in [-0.1, -0.05) is 0 Å². The number of ether oxygens (including phenoxy) is 4. The zero-order chi connectivity index (χ0) is 16.7. The molecule has 2 amide bonds. The highest BCUT2D eigenvalue weighted by Gasteiger charge is 2.18. The average Bonchev–Trinajstić information content (AvgIpc) is 3.00. The molecule has 0 spiro atoms. The molecular formula is C15H20N2O6. The lowest BCUT2D eigenvalue weighted by molar-refractivity contribution is -0.145. The first-order valence-corrected chi connectivity index (χ1v) is 7.36. The largest absolute Gasteiger partial charge is 0.454 e. The number of nitrogens with one attached hydrogen (secondary N) is 2. The van der Waals surface area contributed by atoms with Crippen LogP contribution in [0.5, 0.6) is 11.5 Å². The Kier molecular flexibility index (Phi) is 6.19. The van der Waals surface area contributed by atoms with Crippen molar-refractivity contribution in [1.82, 2.24) is 5.32 Å². The molecule has 0 fully saturated rings. The van der Waals surface area contributed by atoms with Crippen LogP contribution < -0.4 is 20.1 Å². The maximum Gasteiger partial charge on any atom is 0.313 e. The monoisotopic (exact) mass is 324 g/mol. The van der Waals surface area contributed by atoms with Crippen LogP contribution in [0.4, 0.5) is 5.69 Å². The lowest BCUT2D eigenvalue weighted by atomic mass is 10.2. The van der Waals surface area contributed by atoms with E-state index in [0.717, 1.165) is 0 Å². The van der Waals surface area contributed by atoms with E-state index in [1.54, 1.807) is 18.2 Å². The summed E-state index contributed by atoms with van der Waals surface area (Å²) in [6.07, 6.45) is -0.577. The van der Waals surface area contributed by atoms with E-state index in [-0.39, 0.29) is 13.3 Å². The molecule has 0 radical (unpaired) electrons. The van der Waals surface area contributed by atoms with Gasteiger partial charge in [0.1, 0.15) is 0 Å². The molecule has 2 rings (SSSR count). The number of amides is 2. The molecule has 0 saturated heterocycles. The molecule has 1 aliphatic rings. The van der Waals surface area contributed by atoms with E-state index in [1.807, 2.05) is 13.8 Å². The fourth-order valence-corrected chi connectivity index (χ4v) is 1.96. The van der Waals surface area contributed by atoms with Crippen LogP contribution in [0.15, 0.2) is 18.2 Å². The standard InChI is InChI=1S/C15H20N2O6/c1-3-20-13(21-4-2)8-16-14(18)15(19)17-10-5-6-11-12(7-10)23-9-22-11/h5-7,13H,3-4,8-9H2,1-2H3,(H,16,18)(H,17,19). The van der Waals surface area contributed by atoms with Crippen LogP contribution >= 0.6 is 0 Å². The van der Waals surface area contributed by atoms with Gasteiger partial charge in [0.15, 0.2) is 17.8 Å². The van der Waals surface area contributed by atoms with Gasteiger partial charge in [0, 0.05) is 25.0 Å². The molecule has 0 atom stereocenters. The smallest absolute Gasteiger partial charge is 0.313 e. The van der Waals surface area contributed by atoms with E-state index < -0.39 is 18.1 Å². The molecule has 1 aliphatic heterocycles. The molecule has 1 aromatic rings. The number of carbonyl (C=O) groups is 2. The van der Waals surface area contributed by atoms with Gasteiger partial charge in [0.2, 0.25) is 6.79 Å². The van der Waals surface area contributed by atoms with Crippen LogP contribution in [0.25, 0.3) is 0 Å². The van der Waals surface area contributed by atoms with Crippen molar-refractivity contribution in [2.75, 3.05) is 31.9 Å². The van der Waals surface area contributed by atoms with Gasteiger partial charge in [-0.15, -0.1) is 0 Å². The van der Waals surface area contributed by atoms with Gasteiger partial charge in [-0.05, 0) is 26.0 Å². The molecule has 8 nitrogen and oxygen atoms in total. The van der Waals surface area contributed by atoms with Crippen LogP contribution in [0, 0.1) is 0 Å². The predicted octanol–water partition coefficient (Wildman–Crippen LogP) is 0.869. The summed E-state index contributed by atoms with van der Waals surface area (Å²) in [5.74, 6) is -0.428. The third-order valence-electron chi connectivity index (χ3n) is 2.97. The summed E-state index contributed by atoms with van der Waals surface area (Å²) < 4.78 is 20.9. The van der Waals surface area contributed by atoms with E-state index in [4.69, 9.17) is 18.9 Å². The predicted molar refractivity (Wildman–Crippen MR) is 81.2 cm³/mol. The molecule has 0 aromatic heterocycles. The first-order valence-electron chi connectivity index (χ1n) is 7.36. The Labute approximate surface area is 134 Å². The molecular weight excluding hydrogens is 304 g/mol. The van der Waals surface area contributed by atoms with Gasteiger partial charge < -0.3 is 29.6 Å². The fraction of sp³-hybridized carbons (Fsp3) is 0.467. The van der Waals surface area contributed by atoms with E-state index in [1.165, 1.54) is 0 Å². The maximum absolute atomic E-state index is 11.9. The number of hydrogen-bond donors (Lipinski definition) is 2. The Morgan fingerprint density at radius 2 is 1.83 bits per heavy atom. The Morgan fingerprint density at radius 3 is 2.52 bits per heavy atom. The van der Waals surface area contributed by atoms with Crippen molar-refractivity contribution >= 4 is 17.5 Å². The van der Waals surface area contributed by atoms with Crippen LogP contribution in [-0.2, 0) is 19.1 Å². The second kappa shape index (κ2) is 8.35. The third kappa shape index (κ3) is 4.83. The van der Waals surface area contributed by atoms with Crippen molar-refractivity contribution in [1.29, 1.82) is 0 Å². The number of fused-ring (bicyclic) bond motifs is 1. The molecule has 0 unspecified atom stereocenters. The molecule has 1 aromatic carbocycles. The fourth-order valence-electron chi connectivity index (χ4n) is 1.96. The summed E-state index contributed by atoms with van der Waals surface area (Å²) in [7, 11) is 0. The van der Waals surface area contributed by atoms with Gasteiger partial charge in [0.05, 0.1) is 6.54 Å². The van der Waals surface area contributed by atoms with Gasteiger partial charge in [-0.25, -0.2) is 0 Å². The van der Waals surface area contributed by atoms with Crippen LogP contribution in [0.3, 0.4) is 0 Å². The highest BCUT2D eigenvalue weighted by atomic mass is 16.7. The Hall–Kier alpha value is -2.32. The number of hydrogen-bond acceptors (Lipinski definition) is 6. The first-order chi connectivity index (χ1) is 11.1. The number of anilines is 1. The van der Waals surface area contributed by atoms with Crippen molar-refractivity contribution in [2.45, 2.75) is 20.1 Å². The molecule has 0 bridgehead atoms. The zero-order valence-corrected chi connectivity index (χ0v) is 13.1. The molecule has 1 heterocycles. The van der Waals surface area contributed by atoms with Crippen LogP contribution in [0.2, 0.25) is 0 Å². The number of rotatable bonds is 7. The highest BCUT2D eigenvalue weighted by Crippen LogP contribution is 2.34. The van der Waals surface area contributed by atoms with Gasteiger partial charge in [-0.3, -0.25) is 9.59 Å². The quantitative estimate of drug-likeness (QED) is 0.571. The summed E-state index contributed by atoms with van der Waals surface area (Å²) >= 11 is 0. The topological polar surface area (TPSA) is 95.1 Å². The SMILES string of the molecule is CCOC(CNC(=O)C(=O)Nc1ccc2c(c1)OCO2)OCC. The molecule has 0 aliphatic carbocycles. The molecule has 2 N–H and O–H groups in total. The normalized spacial score (nSPS) is 12.3.